The molecule has 0 amide bonds. The van der Waals surface area contributed by atoms with E-state index in [0.29, 0.717) is 12.4 Å². The van der Waals surface area contributed by atoms with Gasteiger partial charge in [0.2, 0.25) is 0 Å². The van der Waals surface area contributed by atoms with Gasteiger partial charge >= 0.3 is 0 Å². The smallest absolute Gasteiger partial charge is 0.178 e. The minimum atomic E-state index is 0.483. The van der Waals surface area contributed by atoms with Crippen LogP contribution in [0.15, 0.2) is 36.5 Å². The normalized spacial score (nSPS) is 10.8. The maximum atomic E-state index is 4.09. The summed E-state index contributed by atoms with van der Waals surface area (Å²) in [6.45, 7) is 0.483. The molecule has 0 aliphatic rings. The zero-order valence-corrected chi connectivity index (χ0v) is 12.2. The van der Waals surface area contributed by atoms with E-state index in [1.54, 1.807) is 9.36 Å². The summed E-state index contributed by atoms with van der Waals surface area (Å²) in [7, 11) is 0. The van der Waals surface area contributed by atoms with Crippen LogP contribution in [-0.4, -0.2) is 40.5 Å². The van der Waals surface area contributed by atoms with Crippen molar-refractivity contribution in [1.82, 2.24) is 35.2 Å². The average molecular weight is 334 g/mol. The van der Waals surface area contributed by atoms with Gasteiger partial charge in [-0.25, -0.2) is 4.68 Å². The molecule has 0 aliphatic carbocycles. The number of hydrogen-bond donors (Lipinski definition) is 0. The fourth-order valence-electron chi connectivity index (χ4n) is 1.85. The summed E-state index contributed by atoms with van der Waals surface area (Å²) < 4.78 is 3.44. The van der Waals surface area contributed by atoms with Gasteiger partial charge in [0, 0.05) is 17.9 Å². The molecule has 3 aromatic rings. The minimum Gasteiger partial charge on any atom is -0.245 e. The molecule has 7 nitrogen and oxygen atoms in total. The third kappa shape index (κ3) is 2.74. The zero-order chi connectivity index (χ0) is 13.8. The van der Waals surface area contributed by atoms with Gasteiger partial charge < -0.3 is 0 Å². The Labute approximate surface area is 123 Å². The SMILES string of the molecule is BrCCc1cn(Cc2nnnn2-c2ccccc2)nn1. The second-order valence-electron chi connectivity index (χ2n) is 4.19. The molecule has 20 heavy (non-hydrogen) atoms. The fraction of sp³-hybridized carbons (Fsp3) is 0.250. The van der Waals surface area contributed by atoms with Crippen LogP contribution in [0, 0.1) is 0 Å². The van der Waals surface area contributed by atoms with Crippen LogP contribution < -0.4 is 0 Å². The van der Waals surface area contributed by atoms with Crippen molar-refractivity contribution in [3.63, 3.8) is 0 Å². The van der Waals surface area contributed by atoms with Gasteiger partial charge in [-0.05, 0) is 22.6 Å². The second kappa shape index (κ2) is 5.91. The lowest BCUT2D eigenvalue weighted by Crippen LogP contribution is -2.09. The Morgan fingerprint density at radius 2 is 1.90 bits per heavy atom. The molecule has 8 heteroatoms. The summed E-state index contributed by atoms with van der Waals surface area (Å²) >= 11 is 3.38. The number of halogens is 1. The standard InChI is InChI=1S/C12H12BrN7/c13-7-6-10-8-19(17-14-10)9-12-15-16-18-20(12)11-4-2-1-3-5-11/h1-5,8H,6-7,9H2. The summed E-state index contributed by atoms with van der Waals surface area (Å²) in [6, 6.07) is 9.77. The fourth-order valence-corrected chi connectivity index (χ4v) is 2.25. The predicted molar refractivity (Wildman–Crippen MR) is 75.8 cm³/mol. The first-order valence-corrected chi connectivity index (χ1v) is 7.26. The minimum absolute atomic E-state index is 0.483. The van der Waals surface area contributed by atoms with Crippen molar-refractivity contribution in [2.24, 2.45) is 0 Å². The third-order valence-corrected chi connectivity index (χ3v) is 3.17. The van der Waals surface area contributed by atoms with Gasteiger partial charge in [-0.3, -0.25) is 0 Å². The maximum absolute atomic E-state index is 4.09. The Morgan fingerprint density at radius 1 is 1.05 bits per heavy atom. The van der Waals surface area contributed by atoms with Gasteiger partial charge in [0.15, 0.2) is 5.82 Å². The van der Waals surface area contributed by atoms with Crippen molar-refractivity contribution >= 4 is 15.9 Å². The van der Waals surface area contributed by atoms with Crippen LogP contribution in [0.4, 0.5) is 0 Å². The Balaban J connectivity index is 1.83. The van der Waals surface area contributed by atoms with Crippen molar-refractivity contribution in [3.8, 4) is 5.69 Å². The molecule has 0 saturated carbocycles. The third-order valence-electron chi connectivity index (χ3n) is 2.77. The lowest BCUT2D eigenvalue weighted by Gasteiger charge is -2.03. The molecule has 0 aliphatic heterocycles. The van der Waals surface area contributed by atoms with Crippen LogP contribution in [-0.2, 0) is 13.0 Å². The molecule has 102 valence electrons. The molecule has 0 bridgehead atoms. The topological polar surface area (TPSA) is 74.3 Å². The van der Waals surface area contributed by atoms with Crippen LogP contribution in [0.25, 0.3) is 5.69 Å². The number of nitrogens with zero attached hydrogens (tertiary/aromatic N) is 7. The van der Waals surface area contributed by atoms with E-state index in [1.165, 1.54) is 0 Å². The number of benzene rings is 1. The zero-order valence-electron chi connectivity index (χ0n) is 10.6. The van der Waals surface area contributed by atoms with E-state index in [1.807, 2.05) is 36.5 Å². The van der Waals surface area contributed by atoms with E-state index >= 15 is 0 Å². The van der Waals surface area contributed by atoms with Gasteiger partial charge in [0.25, 0.3) is 0 Å². The maximum Gasteiger partial charge on any atom is 0.178 e. The highest BCUT2D eigenvalue weighted by molar-refractivity contribution is 9.09. The van der Waals surface area contributed by atoms with Crippen molar-refractivity contribution in [3.05, 3.63) is 48.0 Å². The van der Waals surface area contributed by atoms with Crippen LogP contribution >= 0.6 is 15.9 Å². The average Bonchev–Trinajstić information content (AvgIpc) is 3.10. The van der Waals surface area contributed by atoms with Crippen molar-refractivity contribution in [1.29, 1.82) is 0 Å². The molecule has 0 spiro atoms. The summed E-state index contributed by atoms with van der Waals surface area (Å²) in [4.78, 5) is 0. The van der Waals surface area contributed by atoms with Gasteiger partial charge in [-0.2, -0.15) is 4.68 Å². The van der Waals surface area contributed by atoms with Crippen LogP contribution in [0.3, 0.4) is 0 Å². The molecule has 0 saturated heterocycles. The van der Waals surface area contributed by atoms with E-state index in [-0.39, 0.29) is 0 Å². The number of tetrazole rings is 1. The van der Waals surface area contributed by atoms with E-state index in [9.17, 15) is 0 Å². The summed E-state index contributed by atoms with van der Waals surface area (Å²) in [6.07, 6.45) is 2.76. The van der Waals surface area contributed by atoms with E-state index < -0.39 is 0 Å². The van der Waals surface area contributed by atoms with Crippen LogP contribution in [0.2, 0.25) is 0 Å². The van der Waals surface area contributed by atoms with E-state index in [2.05, 4.69) is 41.8 Å². The Kier molecular flexibility index (Phi) is 3.82. The molecule has 0 fully saturated rings. The van der Waals surface area contributed by atoms with Crippen molar-refractivity contribution in [2.45, 2.75) is 13.0 Å². The highest BCUT2D eigenvalue weighted by atomic mass is 79.9. The van der Waals surface area contributed by atoms with Gasteiger partial charge in [-0.15, -0.1) is 10.2 Å². The molecule has 1 aromatic carbocycles. The molecule has 2 heterocycles. The highest BCUT2D eigenvalue weighted by Gasteiger charge is 2.10. The number of aromatic nitrogens is 7. The molecule has 0 atom stereocenters. The summed E-state index contributed by atoms with van der Waals surface area (Å²) in [5.74, 6) is 0.714. The summed E-state index contributed by atoms with van der Waals surface area (Å²) in [5, 5.41) is 20.8. The van der Waals surface area contributed by atoms with Crippen LogP contribution in [0.1, 0.15) is 11.5 Å². The molecular weight excluding hydrogens is 322 g/mol. The largest absolute Gasteiger partial charge is 0.245 e. The Morgan fingerprint density at radius 3 is 2.70 bits per heavy atom. The monoisotopic (exact) mass is 333 g/mol. The van der Waals surface area contributed by atoms with Crippen LogP contribution in [0.5, 0.6) is 0 Å². The summed E-state index contributed by atoms with van der Waals surface area (Å²) in [5.41, 5.74) is 1.87. The molecule has 0 unspecified atom stereocenters. The Bertz CT molecular complexity index is 676. The molecule has 0 radical (unpaired) electrons. The van der Waals surface area contributed by atoms with E-state index in [4.69, 9.17) is 0 Å². The van der Waals surface area contributed by atoms with Gasteiger partial charge in [-0.1, -0.05) is 39.3 Å². The van der Waals surface area contributed by atoms with Crippen molar-refractivity contribution in [2.75, 3.05) is 5.33 Å². The second-order valence-corrected chi connectivity index (χ2v) is 4.98. The quantitative estimate of drug-likeness (QED) is 0.657. The molecular formula is C12H12BrN7. The Hall–Kier alpha value is -2.09. The lowest BCUT2D eigenvalue weighted by atomic mass is 10.3. The highest BCUT2D eigenvalue weighted by Crippen LogP contribution is 2.08. The number of alkyl halides is 1. The first kappa shape index (κ1) is 12.9. The first-order valence-electron chi connectivity index (χ1n) is 6.14. The lowest BCUT2D eigenvalue weighted by molar-refractivity contribution is 0.609. The van der Waals surface area contributed by atoms with E-state index in [0.717, 1.165) is 23.1 Å². The van der Waals surface area contributed by atoms with Gasteiger partial charge in [0.05, 0.1) is 11.4 Å². The number of para-hydroxylation sites is 1. The van der Waals surface area contributed by atoms with Gasteiger partial charge in [0.1, 0.15) is 6.54 Å². The van der Waals surface area contributed by atoms with Crippen molar-refractivity contribution < 1.29 is 0 Å². The number of hydrogen-bond acceptors (Lipinski definition) is 5. The number of rotatable bonds is 5. The number of aryl methyl sites for hydroxylation is 1. The predicted octanol–water partition coefficient (Wildman–Crippen LogP) is 1.24. The molecule has 2 aromatic heterocycles. The molecule has 0 N–H and O–H groups in total. The first-order chi connectivity index (χ1) is 9.86. The molecule has 3 rings (SSSR count).